The summed E-state index contributed by atoms with van der Waals surface area (Å²) in [4.78, 5) is 22.4. The Balaban J connectivity index is 0. The zero-order valence-corrected chi connectivity index (χ0v) is 16.9. The summed E-state index contributed by atoms with van der Waals surface area (Å²) in [7, 11) is 0. The molecule has 1 aliphatic rings. The SMILES string of the molecule is CC.CC.CCC([C@H](C)C=O)C1(C)CCCC(OC(C)=O)C1C. The van der Waals surface area contributed by atoms with Gasteiger partial charge in [-0.15, -0.1) is 0 Å². The van der Waals surface area contributed by atoms with Gasteiger partial charge < -0.3 is 9.53 Å². The molecule has 1 fully saturated rings. The number of aldehydes is 1. The summed E-state index contributed by atoms with van der Waals surface area (Å²) < 4.78 is 5.48. The molecule has 3 heteroatoms. The van der Waals surface area contributed by atoms with Gasteiger partial charge in [0.15, 0.2) is 0 Å². The summed E-state index contributed by atoms with van der Waals surface area (Å²) in [6.45, 7) is 18.1. The lowest BCUT2D eigenvalue weighted by atomic mass is 9.57. The number of ether oxygens (including phenoxy) is 1. The highest BCUT2D eigenvalue weighted by Gasteiger charge is 2.46. The van der Waals surface area contributed by atoms with Gasteiger partial charge in [0, 0.05) is 12.8 Å². The third kappa shape index (κ3) is 6.64. The average Bonchev–Trinajstić information content (AvgIpc) is 2.55. The maximum Gasteiger partial charge on any atom is 0.302 e. The second-order valence-corrected chi connectivity index (χ2v) is 6.34. The average molecular weight is 329 g/mol. The van der Waals surface area contributed by atoms with Crippen molar-refractivity contribution in [3.05, 3.63) is 0 Å². The third-order valence-corrected chi connectivity index (χ3v) is 5.26. The summed E-state index contributed by atoms with van der Waals surface area (Å²) in [5, 5.41) is 0. The van der Waals surface area contributed by atoms with Crippen molar-refractivity contribution in [3.8, 4) is 0 Å². The largest absolute Gasteiger partial charge is 0.462 e. The van der Waals surface area contributed by atoms with Crippen molar-refractivity contribution in [1.29, 1.82) is 0 Å². The lowest BCUT2D eigenvalue weighted by Gasteiger charge is -2.49. The van der Waals surface area contributed by atoms with Gasteiger partial charge in [0.25, 0.3) is 0 Å². The van der Waals surface area contributed by atoms with Crippen molar-refractivity contribution in [3.63, 3.8) is 0 Å². The molecule has 0 spiro atoms. The lowest BCUT2D eigenvalue weighted by Crippen LogP contribution is -2.46. The Bertz CT molecular complexity index is 327. The molecule has 0 aromatic rings. The predicted octanol–water partition coefficient (Wildman–Crippen LogP) is 5.66. The van der Waals surface area contributed by atoms with E-state index in [1.54, 1.807) is 0 Å². The summed E-state index contributed by atoms with van der Waals surface area (Å²) in [6, 6.07) is 0. The van der Waals surface area contributed by atoms with Gasteiger partial charge in [-0.25, -0.2) is 0 Å². The predicted molar refractivity (Wildman–Crippen MR) is 98.4 cm³/mol. The normalized spacial score (nSPS) is 28.9. The van der Waals surface area contributed by atoms with Crippen molar-refractivity contribution in [1.82, 2.24) is 0 Å². The number of carbonyl (C=O) groups is 2. The molecule has 138 valence electrons. The second kappa shape index (κ2) is 12.5. The quantitative estimate of drug-likeness (QED) is 0.483. The maximum absolute atomic E-state index is 11.2. The summed E-state index contributed by atoms with van der Waals surface area (Å²) in [5.41, 5.74) is 0.0768. The van der Waals surface area contributed by atoms with Gasteiger partial charge in [-0.1, -0.05) is 61.8 Å². The van der Waals surface area contributed by atoms with E-state index in [1.807, 2.05) is 34.6 Å². The molecular formula is C20H40O3. The first-order valence-electron chi connectivity index (χ1n) is 9.49. The van der Waals surface area contributed by atoms with Gasteiger partial charge in [-0.2, -0.15) is 0 Å². The molecule has 4 unspecified atom stereocenters. The topological polar surface area (TPSA) is 43.4 Å². The van der Waals surface area contributed by atoms with Gasteiger partial charge >= 0.3 is 5.97 Å². The minimum Gasteiger partial charge on any atom is -0.462 e. The summed E-state index contributed by atoms with van der Waals surface area (Å²) in [5.74, 6) is 0.530. The fourth-order valence-electron chi connectivity index (χ4n) is 4.02. The van der Waals surface area contributed by atoms with Gasteiger partial charge in [-0.3, -0.25) is 4.79 Å². The Morgan fingerprint density at radius 2 is 1.83 bits per heavy atom. The Labute approximate surface area is 144 Å². The van der Waals surface area contributed by atoms with Gasteiger partial charge in [0.1, 0.15) is 12.4 Å². The van der Waals surface area contributed by atoms with E-state index >= 15 is 0 Å². The molecule has 5 atom stereocenters. The smallest absolute Gasteiger partial charge is 0.302 e. The van der Waals surface area contributed by atoms with E-state index in [9.17, 15) is 9.59 Å². The van der Waals surface area contributed by atoms with Crippen molar-refractivity contribution in [2.75, 3.05) is 0 Å². The summed E-state index contributed by atoms with van der Waals surface area (Å²) >= 11 is 0. The van der Waals surface area contributed by atoms with Crippen LogP contribution in [0.3, 0.4) is 0 Å². The van der Waals surface area contributed by atoms with E-state index < -0.39 is 0 Å². The zero-order valence-electron chi connectivity index (χ0n) is 16.9. The molecule has 1 aliphatic carbocycles. The molecule has 0 radical (unpaired) electrons. The van der Waals surface area contributed by atoms with E-state index in [-0.39, 0.29) is 23.4 Å². The molecule has 23 heavy (non-hydrogen) atoms. The Kier molecular flexibility index (Phi) is 13.3. The number of rotatable bonds is 5. The van der Waals surface area contributed by atoms with Crippen LogP contribution in [0.5, 0.6) is 0 Å². The molecule has 0 aliphatic heterocycles. The minimum atomic E-state index is -0.197. The molecule has 0 saturated heterocycles. The molecule has 0 heterocycles. The Hall–Kier alpha value is -0.860. The first-order valence-corrected chi connectivity index (χ1v) is 9.49. The highest BCUT2D eigenvalue weighted by atomic mass is 16.5. The Morgan fingerprint density at radius 3 is 2.22 bits per heavy atom. The lowest BCUT2D eigenvalue weighted by molar-refractivity contribution is -0.158. The fraction of sp³-hybridized carbons (Fsp3) is 0.900. The van der Waals surface area contributed by atoms with Crippen LogP contribution in [0, 0.1) is 23.2 Å². The molecule has 1 rings (SSSR count). The molecule has 1 saturated carbocycles. The van der Waals surface area contributed by atoms with E-state index in [2.05, 4.69) is 20.8 Å². The van der Waals surface area contributed by atoms with E-state index in [0.717, 1.165) is 32.0 Å². The molecule has 0 N–H and O–H groups in total. The van der Waals surface area contributed by atoms with Crippen LogP contribution in [0.4, 0.5) is 0 Å². The monoisotopic (exact) mass is 328 g/mol. The van der Waals surface area contributed by atoms with Crippen LogP contribution in [0.25, 0.3) is 0 Å². The minimum absolute atomic E-state index is 0.00384. The van der Waals surface area contributed by atoms with Crippen molar-refractivity contribution in [2.45, 2.75) is 94.1 Å². The molecule has 0 aromatic heterocycles. The van der Waals surface area contributed by atoms with Crippen LogP contribution in [-0.4, -0.2) is 18.4 Å². The van der Waals surface area contributed by atoms with E-state index in [0.29, 0.717) is 11.8 Å². The van der Waals surface area contributed by atoms with Gasteiger partial charge in [-0.05, 0) is 36.5 Å². The van der Waals surface area contributed by atoms with Crippen molar-refractivity contribution in [2.24, 2.45) is 23.2 Å². The highest BCUT2D eigenvalue weighted by Crippen LogP contribution is 2.50. The van der Waals surface area contributed by atoms with Crippen molar-refractivity contribution >= 4 is 12.3 Å². The highest BCUT2D eigenvalue weighted by molar-refractivity contribution is 5.66. The van der Waals surface area contributed by atoms with Gasteiger partial charge in [0.05, 0.1) is 0 Å². The first-order chi connectivity index (χ1) is 10.9. The van der Waals surface area contributed by atoms with Crippen LogP contribution < -0.4 is 0 Å². The maximum atomic E-state index is 11.2. The van der Waals surface area contributed by atoms with Crippen LogP contribution in [0.1, 0.15) is 88.0 Å². The molecule has 3 nitrogen and oxygen atoms in total. The Morgan fingerprint density at radius 1 is 1.30 bits per heavy atom. The van der Waals surface area contributed by atoms with Crippen molar-refractivity contribution < 1.29 is 14.3 Å². The molecular weight excluding hydrogens is 288 g/mol. The summed E-state index contributed by atoms with van der Waals surface area (Å²) in [6.07, 6.45) is 5.20. The number of hydrogen-bond donors (Lipinski definition) is 0. The van der Waals surface area contributed by atoms with Crippen LogP contribution in [0.15, 0.2) is 0 Å². The first kappa shape index (κ1) is 24.4. The second-order valence-electron chi connectivity index (χ2n) is 6.34. The molecule has 0 aromatic carbocycles. The molecule has 0 bridgehead atoms. The van der Waals surface area contributed by atoms with Crippen LogP contribution >= 0.6 is 0 Å². The number of carbonyl (C=O) groups excluding carboxylic acids is 2. The van der Waals surface area contributed by atoms with E-state index in [1.165, 1.54) is 6.92 Å². The zero-order chi connectivity index (χ0) is 18.6. The van der Waals surface area contributed by atoms with E-state index in [4.69, 9.17) is 4.74 Å². The van der Waals surface area contributed by atoms with Crippen LogP contribution in [0.2, 0.25) is 0 Å². The number of esters is 1. The standard InChI is InChI=1S/C16H28O3.2C2H6/c1-6-14(11(2)10-17)16(5)9-7-8-15(12(16)3)19-13(4)18;2*1-2/h10-12,14-15H,6-9H2,1-5H3;2*1-2H3/t11-,12?,14?,15?,16?;;/m1../s1. The van der Waals surface area contributed by atoms with Crippen LogP contribution in [-0.2, 0) is 14.3 Å². The van der Waals surface area contributed by atoms with Gasteiger partial charge in [0.2, 0.25) is 0 Å². The third-order valence-electron chi connectivity index (χ3n) is 5.26. The number of hydrogen-bond acceptors (Lipinski definition) is 3. The molecule has 0 amide bonds. The fourth-order valence-corrected chi connectivity index (χ4v) is 4.02.